The Morgan fingerprint density at radius 3 is 2.81 bits per heavy atom. The SMILES string of the molecule is C=C(C)OC(=O)[C@H](C)Oc1cc2c(cn1)-c1nc(-c3ncnn3C(C)C)cn1CCO2. The van der Waals surface area contributed by atoms with Crippen molar-refractivity contribution in [1.29, 1.82) is 0 Å². The number of carbonyl (C=O) groups is 1. The van der Waals surface area contributed by atoms with Crippen LogP contribution in [-0.2, 0) is 16.1 Å². The lowest BCUT2D eigenvalue weighted by molar-refractivity contribution is -0.146. The summed E-state index contributed by atoms with van der Waals surface area (Å²) in [5.74, 6) is 2.01. The molecule has 0 radical (unpaired) electrons. The zero-order chi connectivity index (χ0) is 22.1. The van der Waals surface area contributed by atoms with Gasteiger partial charge in [-0.2, -0.15) is 5.10 Å². The van der Waals surface area contributed by atoms with Gasteiger partial charge in [-0.1, -0.05) is 6.58 Å². The van der Waals surface area contributed by atoms with Crippen LogP contribution in [0.25, 0.3) is 22.9 Å². The predicted octanol–water partition coefficient (Wildman–Crippen LogP) is 3.02. The van der Waals surface area contributed by atoms with E-state index in [4.69, 9.17) is 19.2 Å². The molecule has 0 saturated carbocycles. The third kappa shape index (κ3) is 4.14. The first-order chi connectivity index (χ1) is 14.8. The van der Waals surface area contributed by atoms with Crippen molar-refractivity contribution >= 4 is 5.97 Å². The van der Waals surface area contributed by atoms with Gasteiger partial charge in [0.15, 0.2) is 11.9 Å². The van der Waals surface area contributed by atoms with Gasteiger partial charge in [-0.05, 0) is 27.7 Å². The molecule has 1 aliphatic rings. The van der Waals surface area contributed by atoms with Crippen molar-refractivity contribution in [3.63, 3.8) is 0 Å². The molecule has 3 aromatic heterocycles. The van der Waals surface area contributed by atoms with E-state index in [9.17, 15) is 4.79 Å². The van der Waals surface area contributed by atoms with Gasteiger partial charge in [-0.15, -0.1) is 0 Å². The zero-order valence-electron chi connectivity index (χ0n) is 17.9. The van der Waals surface area contributed by atoms with Gasteiger partial charge >= 0.3 is 5.97 Å². The molecule has 0 aromatic carbocycles. The fraction of sp³-hybridized carbons (Fsp3) is 0.381. The number of ether oxygens (including phenoxy) is 3. The van der Waals surface area contributed by atoms with Gasteiger partial charge < -0.3 is 18.8 Å². The first-order valence-electron chi connectivity index (χ1n) is 9.97. The van der Waals surface area contributed by atoms with Crippen molar-refractivity contribution in [3.8, 4) is 34.5 Å². The van der Waals surface area contributed by atoms with Crippen molar-refractivity contribution in [3.05, 3.63) is 37.1 Å². The fourth-order valence-electron chi connectivity index (χ4n) is 3.23. The second-order valence-corrected chi connectivity index (χ2v) is 7.52. The van der Waals surface area contributed by atoms with Crippen molar-refractivity contribution in [2.75, 3.05) is 6.61 Å². The van der Waals surface area contributed by atoms with Crippen LogP contribution in [0.5, 0.6) is 11.6 Å². The van der Waals surface area contributed by atoms with E-state index in [1.807, 2.05) is 29.3 Å². The Morgan fingerprint density at radius 1 is 1.26 bits per heavy atom. The maximum absolute atomic E-state index is 12.0. The maximum atomic E-state index is 12.0. The van der Waals surface area contributed by atoms with Crippen LogP contribution in [0.2, 0.25) is 0 Å². The number of rotatable bonds is 6. The molecule has 0 bridgehead atoms. The number of hydrogen-bond donors (Lipinski definition) is 0. The molecule has 0 spiro atoms. The molecule has 1 atom stereocenters. The highest BCUT2D eigenvalue weighted by molar-refractivity contribution is 5.75. The summed E-state index contributed by atoms with van der Waals surface area (Å²) < 4.78 is 20.3. The first-order valence-corrected chi connectivity index (χ1v) is 9.97. The summed E-state index contributed by atoms with van der Waals surface area (Å²) in [4.78, 5) is 25.5. The minimum Gasteiger partial charge on any atom is -0.491 e. The van der Waals surface area contributed by atoms with Crippen LogP contribution in [-0.4, -0.2) is 48.0 Å². The lowest BCUT2D eigenvalue weighted by Crippen LogP contribution is -2.25. The number of pyridine rings is 1. The topological polar surface area (TPSA) is 106 Å². The van der Waals surface area contributed by atoms with E-state index in [1.54, 1.807) is 26.1 Å². The van der Waals surface area contributed by atoms with Crippen LogP contribution >= 0.6 is 0 Å². The predicted molar refractivity (Wildman–Crippen MR) is 111 cm³/mol. The molecule has 3 aromatic rings. The molecule has 0 unspecified atom stereocenters. The first kappa shape index (κ1) is 20.6. The highest BCUT2D eigenvalue weighted by Gasteiger charge is 2.24. The van der Waals surface area contributed by atoms with E-state index in [0.717, 1.165) is 17.1 Å². The van der Waals surface area contributed by atoms with Crippen molar-refractivity contribution in [2.45, 2.75) is 46.4 Å². The highest BCUT2D eigenvalue weighted by Crippen LogP contribution is 2.35. The van der Waals surface area contributed by atoms with Crippen LogP contribution in [0.1, 0.15) is 33.7 Å². The van der Waals surface area contributed by atoms with Gasteiger partial charge in [-0.3, -0.25) is 0 Å². The summed E-state index contributed by atoms with van der Waals surface area (Å²) in [7, 11) is 0. The summed E-state index contributed by atoms with van der Waals surface area (Å²) in [6.45, 7) is 11.9. The van der Waals surface area contributed by atoms with E-state index in [0.29, 0.717) is 30.5 Å². The average molecular weight is 424 g/mol. The van der Waals surface area contributed by atoms with Gasteiger partial charge in [0.2, 0.25) is 5.88 Å². The molecule has 0 saturated heterocycles. The second-order valence-electron chi connectivity index (χ2n) is 7.52. The quantitative estimate of drug-likeness (QED) is 0.439. The Hall–Kier alpha value is -3.69. The molecule has 10 heteroatoms. The summed E-state index contributed by atoms with van der Waals surface area (Å²) in [5, 5.41) is 4.29. The number of fused-ring (bicyclic) bond motifs is 3. The Kier molecular flexibility index (Phi) is 5.45. The van der Waals surface area contributed by atoms with E-state index in [2.05, 4.69) is 21.6 Å². The molecule has 0 aliphatic carbocycles. The number of carbonyl (C=O) groups excluding carboxylic acids is 1. The standard InChI is InChI=1S/C21H24N6O4/c1-12(2)27-20(23-11-24-27)16-10-26-6-7-29-17-8-18(22-9-15(17)19(26)25-16)31-14(5)21(28)30-13(3)4/h8-12,14H,3,6-7H2,1-2,4-5H3/t14-/m0/s1. The molecule has 4 heterocycles. The van der Waals surface area contributed by atoms with Crippen molar-refractivity contribution < 1.29 is 19.0 Å². The zero-order valence-corrected chi connectivity index (χ0v) is 17.9. The van der Waals surface area contributed by atoms with Crippen molar-refractivity contribution in [1.82, 2.24) is 29.3 Å². The van der Waals surface area contributed by atoms with Crippen LogP contribution in [0, 0.1) is 0 Å². The molecule has 31 heavy (non-hydrogen) atoms. The van der Waals surface area contributed by atoms with Crippen LogP contribution in [0.3, 0.4) is 0 Å². The molecule has 10 nitrogen and oxygen atoms in total. The van der Waals surface area contributed by atoms with Crippen LogP contribution in [0.15, 0.2) is 37.1 Å². The minimum atomic E-state index is -0.844. The van der Waals surface area contributed by atoms with Gasteiger partial charge in [0.05, 0.1) is 17.9 Å². The summed E-state index contributed by atoms with van der Waals surface area (Å²) in [6, 6.07) is 1.81. The molecule has 4 rings (SSSR count). The van der Waals surface area contributed by atoms with Gasteiger partial charge in [-0.25, -0.2) is 24.4 Å². The average Bonchev–Trinajstić information content (AvgIpc) is 3.32. The largest absolute Gasteiger partial charge is 0.491 e. The molecular formula is C21H24N6O4. The van der Waals surface area contributed by atoms with Crippen molar-refractivity contribution in [2.24, 2.45) is 0 Å². The molecule has 162 valence electrons. The van der Waals surface area contributed by atoms with Crippen LogP contribution < -0.4 is 9.47 Å². The van der Waals surface area contributed by atoms with E-state index >= 15 is 0 Å². The molecule has 0 fully saturated rings. The lowest BCUT2D eigenvalue weighted by atomic mass is 10.2. The van der Waals surface area contributed by atoms with Gasteiger partial charge in [0, 0.05) is 24.5 Å². The minimum absolute atomic E-state index is 0.162. The van der Waals surface area contributed by atoms with E-state index < -0.39 is 12.1 Å². The Bertz CT molecular complexity index is 1130. The maximum Gasteiger partial charge on any atom is 0.352 e. The monoisotopic (exact) mass is 424 g/mol. The Morgan fingerprint density at radius 2 is 2.06 bits per heavy atom. The second kappa shape index (κ2) is 8.21. The van der Waals surface area contributed by atoms with Crippen LogP contribution in [0.4, 0.5) is 0 Å². The summed E-state index contributed by atoms with van der Waals surface area (Å²) in [6.07, 6.45) is 4.26. The number of hydrogen-bond acceptors (Lipinski definition) is 8. The number of nitrogens with zero attached hydrogens (tertiary/aromatic N) is 6. The molecule has 0 amide bonds. The number of aromatic nitrogens is 6. The fourth-order valence-corrected chi connectivity index (χ4v) is 3.23. The summed E-state index contributed by atoms with van der Waals surface area (Å²) in [5.41, 5.74) is 1.45. The third-order valence-corrected chi connectivity index (χ3v) is 4.64. The highest BCUT2D eigenvalue weighted by atomic mass is 16.6. The number of imidazole rings is 1. The summed E-state index contributed by atoms with van der Waals surface area (Å²) >= 11 is 0. The normalized spacial score (nSPS) is 13.6. The molecular weight excluding hydrogens is 400 g/mol. The molecule has 1 aliphatic heterocycles. The smallest absolute Gasteiger partial charge is 0.352 e. The number of esters is 1. The third-order valence-electron chi connectivity index (χ3n) is 4.64. The van der Waals surface area contributed by atoms with Gasteiger partial charge in [0.25, 0.3) is 0 Å². The van der Waals surface area contributed by atoms with E-state index in [-0.39, 0.29) is 11.9 Å². The molecule has 0 N–H and O–H groups in total. The van der Waals surface area contributed by atoms with Gasteiger partial charge in [0.1, 0.15) is 30.2 Å². The van der Waals surface area contributed by atoms with E-state index in [1.165, 1.54) is 6.33 Å². The Labute approximate surface area is 179 Å². The lowest BCUT2D eigenvalue weighted by Gasteiger charge is -2.14. The Balaban J connectivity index is 1.63. The number of allylic oxidation sites excluding steroid dienone is 1.